The number of halogens is 1. The van der Waals surface area contributed by atoms with Crippen LogP contribution >= 0.6 is 15.9 Å². The van der Waals surface area contributed by atoms with Gasteiger partial charge in [0.1, 0.15) is 5.75 Å². The summed E-state index contributed by atoms with van der Waals surface area (Å²) in [6.45, 7) is 0.450. The molecule has 0 atom stereocenters. The van der Waals surface area contributed by atoms with Crippen molar-refractivity contribution in [3.8, 4) is 23.0 Å². The number of anilines is 1. The van der Waals surface area contributed by atoms with E-state index in [-0.39, 0.29) is 5.91 Å². The van der Waals surface area contributed by atoms with Crippen LogP contribution in [0, 0.1) is 0 Å². The average Bonchev–Trinajstić information content (AvgIpc) is 2.65. The Bertz CT molecular complexity index is 725. The van der Waals surface area contributed by atoms with Gasteiger partial charge in [0.25, 0.3) is 0 Å². The number of nitrogens with one attached hydrogen (secondary N) is 1. The Labute approximate surface area is 161 Å². The van der Waals surface area contributed by atoms with Crippen molar-refractivity contribution < 1.29 is 23.7 Å². The number of hydrogen-bond acceptors (Lipinski definition) is 5. The van der Waals surface area contributed by atoms with Crippen LogP contribution in [-0.2, 0) is 4.79 Å². The van der Waals surface area contributed by atoms with Gasteiger partial charge < -0.3 is 24.3 Å². The van der Waals surface area contributed by atoms with Crippen molar-refractivity contribution in [3.63, 3.8) is 0 Å². The molecular weight excluding hydrogens is 402 g/mol. The fraction of sp³-hybridized carbons (Fsp3) is 0.316. The third-order valence-corrected chi connectivity index (χ3v) is 4.25. The minimum atomic E-state index is -0.116. The lowest BCUT2D eigenvalue weighted by atomic mass is 10.2. The molecule has 26 heavy (non-hydrogen) atoms. The number of carbonyl (C=O) groups is 1. The van der Waals surface area contributed by atoms with Crippen molar-refractivity contribution in [1.29, 1.82) is 0 Å². The molecule has 0 saturated heterocycles. The average molecular weight is 424 g/mol. The first-order valence-electron chi connectivity index (χ1n) is 8.06. The number of carbonyl (C=O) groups excluding carboxylic acids is 1. The Morgan fingerprint density at radius 2 is 1.65 bits per heavy atom. The third kappa shape index (κ3) is 5.29. The molecule has 0 aromatic heterocycles. The normalized spacial score (nSPS) is 10.2. The van der Waals surface area contributed by atoms with Crippen molar-refractivity contribution in [2.24, 2.45) is 0 Å². The highest BCUT2D eigenvalue weighted by molar-refractivity contribution is 9.10. The topological polar surface area (TPSA) is 66.0 Å². The molecule has 140 valence electrons. The minimum absolute atomic E-state index is 0.116. The van der Waals surface area contributed by atoms with E-state index in [2.05, 4.69) is 21.2 Å². The predicted molar refractivity (Wildman–Crippen MR) is 104 cm³/mol. The molecule has 2 aromatic rings. The molecule has 2 rings (SSSR count). The zero-order valence-corrected chi connectivity index (χ0v) is 16.6. The first-order chi connectivity index (χ1) is 12.6. The predicted octanol–water partition coefficient (Wildman–Crippen LogP) is 4.27. The number of benzene rings is 2. The van der Waals surface area contributed by atoms with Gasteiger partial charge in [-0.1, -0.05) is 12.1 Å². The summed E-state index contributed by atoms with van der Waals surface area (Å²) in [6, 6.07) is 11.0. The Morgan fingerprint density at radius 3 is 2.23 bits per heavy atom. The van der Waals surface area contributed by atoms with Crippen molar-refractivity contribution in [2.75, 3.05) is 33.3 Å². The van der Waals surface area contributed by atoms with Gasteiger partial charge in [0.05, 0.1) is 32.4 Å². The first kappa shape index (κ1) is 19.9. The van der Waals surface area contributed by atoms with Gasteiger partial charge in [-0.25, -0.2) is 0 Å². The molecular formula is C19H22BrNO5. The molecule has 0 aliphatic heterocycles. The maximum Gasteiger partial charge on any atom is 0.224 e. The highest BCUT2D eigenvalue weighted by Gasteiger charge is 2.14. The monoisotopic (exact) mass is 423 g/mol. The van der Waals surface area contributed by atoms with E-state index in [4.69, 9.17) is 18.9 Å². The molecule has 0 aliphatic carbocycles. The zero-order chi connectivity index (χ0) is 18.9. The molecule has 6 nitrogen and oxygen atoms in total. The minimum Gasteiger partial charge on any atom is -0.493 e. The van der Waals surface area contributed by atoms with E-state index in [0.717, 1.165) is 10.2 Å². The highest BCUT2D eigenvalue weighted by Crippen LogP contribution is 2.39. The molecule has 1 N–H and O–H groups in total. The summed E-state index contributed by atoms with van der Waals surface area (Å²) in [6.07, 6.45) is 0.929. The van der Waals surface area contributed by atoms with Crippen molar-refractivity contribution in [3.05, 3.63) is 40.9 Å². The summed E-state index contributed by atoms with van der Waals surface area (Å²) in [4.78, 5) is 12.2. The molecule has 0 fully saturated rings. The summed E-state index contributed by atoms with van der Waals surface area (Å²) in [5.74, 6) is 2.10. The number of para-hydroxylation sites is 1. The van der Waals surface area contributed by atoms with Gasteiger partial charge in [-0.15, -0.1) is 0 Å². The van der Waals surface area contributed by atoms with Crippen LogP contribution in [-0.4, -0.2) is 33.8 Å². The third-order valence-electron chi connectivity index (χ3n) is 3.59. The molecule has 7 heteroatoms. The van der Waals surface area contributed by atoms with E-state index in [9.17, 15) is 4.79 Å². The van der Waals surface area contributed by atoms with Crippen LogP contribution in [0.3, 0.4) is 0 Å². The van der Waals surface area contributed by atoms with E-state index in [1.165, 1.54) is 21.3 Å². The number of rotatable bonds is 9. The van der Waals surface area contributed by atoms with Crippen molar-refractivity contribution in [1.82, 2.24) is 0 Å². The maximum absolute atomic E-state index is 12.2. The Balaban J connectivity index is 1.88. The largest absolute Gasteiger partial charge is 0.493 e. The second-order valence-corrected chi connectivity index (χ2v) is 6.20. The van der Waals surface area contributed by atoms with Crippen LogP contribution in [0.1, 0.15) is 12.8 Å². The van der Waals surface area contributed by atoms with E-state index >= 15 is 0 Å². The van der Waals surface area contributed by atoms with Gasteiger partial charge in [0, 0.05) is 24.2 Å². The number of hydrogen-bond donors (Lipinski definition) is 1. The zero-order valence-electron chi connectivity index (χ0n) is 15.0. The van der Waals surface area contributed by atoms with Crippen molar-refractivity contribution in [2.45, 2.75) is 12.8 Å². The van der Waals surface area contributed by atoms with Gasteiger partial charge >= 0.3 is 0 Å². The molecule has 2 aromatic carbocycles. The van der Waals surface area contributed by atoms with Gasteiger partial charge in [0.15, 0.2) is 11.5 Å². The van der Waals surface area contributed by atoms with E-state index in [1.54, 1.807) is 12.1 Å². The number of amides is 1. The summed E-state index contributed by atoms with van der Waals surface area (Å²) < 4.78 is 22.4. The molecule has 1 amide bonds. The smallest absolute Gasteiger partial charge is 0.224 e. The summed E-state index contributed by atoms with van der Waals surface area (Å²) in [5, 5.41) is 2.83. The highest BCUT2D eigenvalue weighted by atomic mass is 79.9. The Kier molecular flexibility index (Phi) is 7.59. The van der Waals surface area contributed by atoms with Crippen LogP contribution < -0.4 is 24.3 Å². The summed E-state index contributed by atoms with van der Waals surface area (Å²) in [5.41, 5.74) is 0.580. The molecule has 0 saturated carbocycles. The van der Waals surface area contributed by atoms with Gasteiger partial charge in [-0.2, -0.15) is 0 Å². The lowest BCUT2D eigenvalue weighted by Crippen LogP contribution is -2.13. The Hall–Kier alpha value is -2.41. The summed E-state index contributed by atoms with van der Waals surface area (Å²) >= 11 is 3.42. The SMILES string of the molecule is COc1cc(NC(=O)CCCOc2ccccc2Br)cc(OC)c1OC. The lowest BCUT2D eigenvalue weighted by molar-refractivity contribution is -0.116. The summed E-state index contributed by atoms with van der Waals surface area (Å²) in [7, 11) is 4.59. The van der Waals surface area contributed by atoms with Crippen LogP contribution in [0.2, 0.25) is 0 Å². The van der Waals surface area contributed by atoms with Crippen LogP contribution in [0.5, 0.6) is 23.0 Å². The molecule has 0 bridgehead atoms. The quantitative estimate of drug-likeness (QED) is 0.609. The number of ether oxygens (including phenoxy) is 4. The standard InChI is InChI=1S/C19H22BrNO5/c1-23-16-11-13(12-17(24-2)19(16)25-3)21-18(22)9-6-10-26-15-8-5-4-7-14(15)20/h4-5,7-8,11-12H,6,9-10H2,1-3H3,(H,21,22). The van der Waals surface area contributed by atoms with Crippen molar-refractivity contribution >= 4 is 27.5 Å². The molecule has 0 unspecified atom stereocenters. The second kappa shape index (κ2) is 9.91. The molecule has 0 radical (unpaired) electrons. The van der Waals surface area contributed by atoms with Gasteiger partial charge in [-0.3, -0.25) is 4.79 Å². The van der Waals surface area contributed by atoms with Crippen LogP contribution in [0.4, 0.5) is 5.69 Å². The van der Waals surface area contributed by atoms with Crippen LogP contribution in [0.15, 0.2) is 40.9 Å². The fourth-order valence-corrected chi connectivity index (χ4v) is 2.75. The van der Waals surface area contributed by atoms with Crippen LogP contribution in [0.25, 0.3) is 0 Å². The number of methoxy groups -OCH3 is 3. The van der Waals surface area contributed by atoms with Gasteiger partial charge in [0.2, 0.25) is 11.7 Å². The van der Waals surface area contributed by atoms with E-state index in [0.29, 0.717) is 42.4 Å². The molecule has 0 aliphatic rings. The fourth-order valence-electron chi connectivity index (χ4n) is 2.35. The first-order valence-corrected chi connectivity index (χ1v) is 8.85. The molecule has 0 spiro atoms. The van der Waals surface area contributed by atoms with E-state index < -0.39 is 0 Å². The maximum atomic E-state index is 12.2. The van der Waals surface area contributed by atoms with Gasteiger partial charge in [-0.05, 0) is 34.5 Å². The second-order valence-electron chi connectivity index (χ2n) is 5.34. The Morgan fingerprint density at radius 1 is 1.00 bits per heavy atom. The molecule has 0 heterocycles. The lowest BCUT2D eigenvalue weighted by Gasteiger charge is -2.14. The van der Waals surface area contributed by atoms with E-state index in [1.807, 2.05) is 24.3 Å².